The third kappa shape index (κ3) is 4.11. The fraction of sp³-hybridized carbons (Fsp3) is 0.238. The lowest BCUT2D eigenvalue weighted by molar-refractivity contribution is -0.0128. The normalized spacial score (nSPS) is 14.3. The van der Waals surface area contributed by atoms with E-state index in [1.54, 1.807) is 13.0 Å². The van der Waals surface area contributed by atoms with Crippen molar-refractivity contribution in [1.82, 2.24) is 30.0 Å². The van der Waals surface area contributed by atoms with Gasteiger partial charge in [0, 0.05) is 29.3 Å². The summed E-state index contributed by atoms with van der Waals surface area (Å²) in [7, 11) is 0. The molecule has 0 aliphatic rings. The summed E-state index contributed by atoms with van der Waals surface area (Å²) in [6.45, 7) is 1.17. The third-order valence-electron chi connectivity index (χ3n) is 5.40. The summed E-state index contributed by atoms with van der Waals surface area (Å²) in [6.07, 6.45) is 2.74. The fourth-order valence-electron chi connectivity index (χ4n) is 3.58. The molecular formula is C21H18F4N6O. The van der Waals surface area contributed by atoms with Gasteiger partial charge in [-0.3, -0.25) is 4.68 Å². The van der Waals surface area contributed by atoms with Gasteiger partial charge in [-0.2, -0.15) is 5.10 Å². The molecular weight excluding hydrogens is 428 g/mol. The van der Waals surface area contributed by atoms with Crippen LogP contribution in [0.3, 0.4) is 0 Å². The topological polar surface area (TPSA) is 81.6 Å². The van der Waals surface area contributed by atoms with Gasteiger partial charge in [-0.25, -0.2) is 22.2 Å². The van der Waals surface area contributed by atoms with E-state index in [4.69, 9.17) is 0 Å². The van der Waals surface area contributed by atoms with Crippen molar-refractivity contribution in [3.63, 3.8) is 0 Å². The first-order valence-corrected chi connectivity index (χ1v) is 9.63. The predicted molar refractivity (Wildman–Crippen MR) is 104 cm³/mol. The van der Waals surface area contributed by atoms with Crippen molar-refractivity contribution < 1.29 is 22.7 Å². The first kappa shape index (κ1) is 21.6. The van der Waals surface area contributed by atoms with E-state index >= 15 is 0 Å². The van der Waals surface area contributed by atoms with E-state index in [9.17, 15) is 22.7 Å². The molecule has 166 valence electrons. The third-order valence-corrected chi connectivity index (χ3v) is 5.40. The Balaban J connectivity index is 1.69. The van der Waals surface area contributed by atoms with Crippen LogP contribution in [0.4, 0.5) is 17.6 Å². The zero-order chi connectivity index (χ0) is 22.9. The van der Waals surface area contributed by atoms with Crippen LogP contribution in [-0.2, 0) is 18.7 Å². The monoisotopic (exact) mass is 446 g/mol. The van der Waals surface area contributed by atoms with Crippen LogP contribution in [0, 0.1) is 23.3 Å². The van der Waals surface area contributed by atoms with Crippen molar-refractivity contribution in [3.05, 3.63) is 95.1 Å². The van der Waals surface area contributed by atoms with Gasteiger partial charge in [0.25, 0.3) is 0 Å². The second kappa shape index (κ2) is 8.50. The van der Waals surface area contributed by atoms with Crippen LogP contribution in [0.15, 0.2) is 55.0 Å². The quantitative estimate of drug-likeness (QED) is 0.441. The molecule has 0 aliphatic carbocycles. The van der Waals surface area contributed by atoms with E-state index in [1.807, 2.05) is 0 Å². The summed E-state index contributed by atoms with van der Waals surface area (Å²) in [5.74, 6) is -3.99. The maximum Gasteiger partial charge on any atom is 0.138 e. The van der Waals surface area contributed by atoms with E-state index in [0.29, 0.717) is 11.8 Å². The zero-order valence-corrected chi connectivity index (χ0v) is 16.8. The molecule has 4 rings (SSSR count). The highest BCUT2D eigenvalue weighted by atomic mass is 19.1. The molecule has 11 heteroatoms. The highest BCUT2D eigenvalue weighted by Gasteiger charge is 2.41. The second-order valence-electron chi connectivity index (χ2n) is 7.42. The Morgan fingerprint density at radius 1 is 1.00 bits per heavy atom. The molecule has 32 heavy (non-hydrogen) atoms. The summed E-state index contributed by atoms with van der Waals surface area (Å²) < 4.78 is 58.6. The van der Waals surface area contributed by atoms with Gasteiger partial charge in [0.15, 0.2) is 0 Å². The van der Waals surface area contributed by atoms with Gasteiger partial charge in [-0.1, -0.05) is 19.1 Å². The minimum absolute atomic E-state index is 0.164. The molecule has 1 N–H and O–H groups in total. The molecule has 0 amide bonds. The number of tetrazole rings is 1. The summed E-state index contributed by atoms with van der Waals surface area (Å²) in [4.78, 5) is 0. The van der Waals surface area contributed by atoms with Crippen LogP contribution < -0.4 is 0 Å². The Morgan fingerprint density at radius 2 is 1.75 bits per heavy atom. The summed E-state index contributed by atoms with van der Waals surface area (Å²) in [6, 6.07) is 7.97. The number of hydrogen-bond acceptors (Lipinski definition) is 5. The van der Waals surface area contributed by atoms with Gasteiger partial charge < -0.3 is 5.11 Å². The van der Waals surface area contributed by atoms with Gasteiger partial charge in [0.05, 0.1) is 18.8 Å². The summed E-state index contributed by atoms with van der Waals surface area (Å²) in [5.41, 5.74) is -1.93. The number of hydrogen-bond donors (Lipinski definition) is 1. The Hall–Kier alpha value is -3.60. The number of benzene rings is 2. The number of rotatable bonds is 7. The van der Waals surface area contributed by atoms with Crippen molar-refractivity contribution in [3.8, 4) is 0 Å². The Labute approximate surface area is 179 Å². The molecule has 0 saturated heterocycles. The van der Waals surface area contributed by atoms with Crippen LogP contribution in [-0.4, -0.2) is 35.1 Å². The Bertz CT molecular complexity index is 1210. The van der Waals surface area contributed by atoms with Gasteiger partial charge in [0.1, 0.15) is 35.2 Å². The van der Waals surface area contributed by atoms with Crippen LogP contribution >= 0.6 is 0 Å². The molecule has 0 aliphatic heterocycles. The van der Waals surface area contributed by atoms with Gasteiger partial charge in [-0.15, -0.1) is 5.10 Å². The molecule has 2 aromatic heterocycles. The van der Waals surface area contributed by atoms with Gasteiger partial charge in [-0.05, 0) is 34.7 Å². The molecule has 4 aromatic rings. The molecule has 7 nitrogen and oxygen atoms in total. The highest BCUT2D eigenvalue weighted by molar-refractivity contribution is 5.30. The lowest BCUT2D eigenvalue weighted by Crippen LogP contribution is -2.38. The predicted octanol–water partition coefficient (Wildman–Crippen LogP) is 3.17. The number of aromatic nitrogens is 6. The molecule has 2 aromatic carbocycles. The largest absolute Gasteiger partial charge is 0.382 e. The SMILES string of the molecule is C[C@@H](c1ccn(Cc2c(F)cccc2F)n1)[C@](O)(Cn1cnnn1)c1ccc(F)cc1F. The van der Waals surface area contributed by atoms with E-state index in [0.717, 1.165) is 24.3 Å². The lowest BCUT2D eigenvalue weighted by atomic mass is 9.80. The van der Waals surface area contributed by atoms with Crippen LogP contribution in [0.25, 0.3) is 0 Å². The smallest absolute Gasteiger partial charge is 0.138 e. The molecule has 0 fully saturated rings. The minimum atomic E-state index is -1.92. The maximum absolute atomic E-state index is 14.7. The fourth-order valence-corrected chi connectivity index (χ4v) is 3.58. The molecule has 0 saturated carbocycles. The van der Waals surface area contributed by atoms with E-state index in [-0.39, 0.29) is 24.2 Å². The van der Waals surface area contributed by atoms with E-state index in [1.165, 1.54) is 28.0 Å². The molecule has 0 unspecified atom stereocenters. The minimum Gasteiger partial charge on any atom is -0.382 e. The molecule has 0 spiro atoms. The van der Waals surface area contributed by atoms with Crippen molar-refractivity contribution in [2.45, 2.75) is 31.5 Å². The molecule has 0 bridgehead atoms. The van der Waals surface area contributed by atoms with Gasteiger partial charge in [0.2, 0.25) is 0 Å². The van der Waals surface area contributed by atoms with Crippen molar-refractivity contribution in [1.29, 1.82) is 0 Å². The summed E-state index contributed by atoms with van der Waals surface area (Å²) in [5, 5.41) is 26.7. The number of halogens is 4. The van der Waals surface area contributed by atoms with E-state index < -0.39 is 34.8 Å². The summed E-state index contributed by atoms with van der Waals surface area (Å²) >= 11 is 0. The van der Waals surface area contributed by atoms with E-state index in [2.05, 4.69) is 20.6 Å². The Kier molecular flexibility index (Phi) is 5.74. The average molecular weight is 446 g/mol. The van der Waals surface area contributed by atoms with Crippen LogP contribution in [0.2, 0.25) is 0 Å². The number of aliphatic hydroxyl groups is 1. The average Bonchev–Trinajstić information content (AvgIpc) is 3.42. The first-order chi connectivity index (χ1) is 15.3. The van der Waals surface area contributed by atoms with Crippen molar-refractivity contribution in [2.24, 2.45) is 0 Å². The number of nitrogens with zero attached hydrogens (tertiary/aromatic N) is 6. The second-order valence-corrected chi connectivity index (χ2v) is 7.42. The zero-order valence-electron chi connectivity index (χ0n) is 16.8. The lowest BCUT2D eigenvalue weighted by Gasteiger charge is -2.33. The highest BCUT2D eigenvalue weighted by Crippen LogP contribution is 2.39. The van der Waals surface area contributed by atoms with Crippen molar-refractivity contribution >= 4 is 0 Å². The molecule has 2 atom stereocenters. The molecule has 2 heterocycles. The van der Waals surface area contributed by atoms with Crippen molar-refractivity contribution in [2.75, 3.05) is 0 Å². The Morgan fingerprint density at radius 3 is 2.41 bits per heavy atom. The molecule has 0 radical (unpaired) electrons. The standard InChI is InChI=1S/C21H18F4N6O/c1-13(20-7-8-30(27-20)10-15-17(23)3-2-4-18(15)24)21(32,11-31-12-26-28-29-31)16-6-5-14(22)9-19(16)25/h2-9,12-13,32H,10-11H2,1H3/t13-,21+/m0/s1. The van der Waals surface area contributed by atoms with Crippen LogP contribution in [0.5, 0.6) is 0 Å². The van der Waals surface area contributed by atoms with Gasteiger partial charge >= 0.3 is 0 Å². The maximum atomic E-state index is 14.7. The first-order valence-electron chi connectivity index (χ1n) is 9.63. The van der Waals surface area contributed by atoms with Crippen LogP contribution in [0.1, 0.15) is 29.7 Å².